The molecule has 0 unspecified atom stereocenters. The van der Waals surface area contributed by atoms with Gasteiger partial charge in [0.05, 0.1) is 0 Å². The molecule has 4 nitrogen and oxygen atoms in total. The normalized spacial score (nSPS) is 11.9. The van der Waals surface area contributed by atoms with Gasteiger partial charge in [0.15, 0.2) is 11.6 Å². The first kappa shape index (κ1) is 19.2. The topological polar surface area (TPSA) is 51.8 Å². The molecule has 0 radical (unpaired) electrons. The lowest BCUT2D eigenvalue weighted by atomic mass is 10.0. The van der Waals surface area contributed by atoms with E-state index in [1.807, 2.05) is 61.5 Å². The molecule has 150 valence electrons. The molecule has 3 aromatic carbocycles. The number of hydrogen-bond acceptors (Lipinski definition) is 4. The van der Waals surface area contributed by atoms with Crippen LogP contribution in [0.5, 0.6) is 0 Å². The number of hydrogen-bond donors (Lipinski definition) is 0. The van der Waals surface area contributed by atoms with E-state index in [0.29, 0.717) is 17.1 Å². The molecule has 0 bridgehead atoms. The molecule has 0 aliphatic carbocycles. The summed E-state index contributed by atoms with van der Waals surface area (Å²) < 4.78 is 5.81. The predicted octanol–water partition coefficient (Wildman–Crippen LogP) is 5.48. The Morgan fingerprint density at radius 1 is 0.774 bits per heavy atom. The maximum absolute atomic E-state index is 6.25. The smallest absolute Gasteiger partial charge is 0.226 e. The second-order valence-electron chi connectivity index (χ2n) is 7.13. The van der Waals surface area contributed by atoms with Crippen molar-refractivity contribution in [1.29, 1.82) is 0 Å². The summed E-state index contributed by atoms with van der Waals surface area (Å²) in [7, 11) is 0. The Bertz CT molecular complexity index is 1510. The number of nitrogens with zero attached hydrogens (tertiary/aromatic N) is 3. The summed E-state index contributed by atoms with van der Waals surface area (Å²) in [5.41, 5.74) is 5.33. The van der Waals surface area contributed by atoms with Crippen LogP contribution in [0.2, 0.25) is 5.28 Å². The van der Waals surface area contributed by atoms with Gasteiger partial charge in [0.2, 0.25) is 5.28 Å². The molecular formula is C26H18ClN3O. The molecule has 0 saturated heterocycles. The first-order valence-corrected chi connectivity index (χ1v) is 10.3. The summed E-state index contributed by atoms with van der Waals surface area (Å²) in [4.78, 5) is 13.3. The van der Waals surface area contributed by atoms with Crippen LogP contribution in [0, 0.1) is 0 Å². The summed E-state index contributed by atoms with van der Waals surface area (Å²) in [6.07, 6.45) is 1.99. The minimum absolute atomic E-state index is 0.145. The fourth-order valence-corrected chi connectivity index (χ4v) is 3.83. The Balaban J connectivity index is 1.55. The van der Waals surface area contributed by atoms with E-state index in [0.717, 1.165) is 38.4 Å². The van der Waals surface area contributed by atoms with Crippen LogP contribution in [0.25, 0.3) is 57.5 Å². The molecule has 0 amide bonds. The molecule has 0 fully saturated rings. The predicted molar refractivity (Wildman–Crippen MR) is 126 cm³/mol. The molecule has 31 heavy (non-hydrogen) atoms. The van der Waals surface area contributed by atoms with Crippen LogP contribution in [0.15, 0.2) is 77.2 Å². The van der Waals surface area contributed by atoms with Gasteiger partial charge in [-0.25, -0.2) is 4.98 Å². The van der Waals surface area contributed by atoms with E-state index >= 15 is 0 Å². The van der Waals surface area contributed by atoms with Gasteiger partial charge in [0.25, 0.3) is 0 Å². The second-order valence-corrected chi connectivity index (χ2v) is 7.47. The number of fused-ring (bicyclic) bond motifs is 1. The van der Waals surface area contributed by atoms with Crippen molar-refractivity contribution in [3.63, 3.8) is 0 Å². The Morgan fingerprint density at radius 2 is 1.39 bits per heavy atom. The fourth-order valence-electron chi connectivity index (χ4n) is 3.67. The van der Waals surface area contributed by atoms with E-state index in [1.54, 1.807) is 0 Å². The van der Waals surface area contributed by atoms with E-state index in [-0.39, 0.29) is 5.28 Å². The first-order valence-electron chi connectivity index (χ1n) is 9.88. The number of furan rings is 1. The van der Waals surface area contributed by atoms with Gasteiger partial charge >= 0.3 is 0 Å². The summed E-state index contributed by atoms with van der Waals surface area (Å²) in [6.45, 7) is 5.93. The maximum atomic E-state index is 6.25. The molecule has 0 aliphatic heterocycles. The Kier molecular flexibility index (Phi) is 4.85. The molecular weight excluding hydrogens is 406 g/mol. The summed E-state index contributed by atoms with van der Waals surface area (Å²) in [5, 5.41) is 2.15. The van der Waals surface area contributed by atoms with E-state index in [4.69, 9.17) is 16.0 Å². The monoisotopic (exact) mass is 423 g/mol. The van der Waals surface area contributed by atoms with Gasteiger partial charge < -0.3 is 4.42 Å². The van der Waals surface area contributed by atoms with Gasteiger partial charge in [0, 0.05) is 21.7 Å². The molecule has 5 rings (SSSR count). The summed E-state index contributed by atoms with van der Waals surface area (Å²) in [5.74, 6) is 1.02. The third-order valence-corrected chi connectivity index (χ3v) is 5.38. The quantitative estimate of drug-likeness (QED) is 0.385. The summed E-state index contributed by atoms with van der Waals surface area (Å²) in [6, 6.07) is 24.2. The highest BCUT2D eigenvalue weighted by atomic mass is 35.5. The van der Waals surface area contributed by atoms with Crippen molar-refractivity contribution in [1.82, 2.24) is 15.0 Å². The molecule has 0 spiro atoms. The Labute approximate surface area is 184 Å². The molecule has 0 atom stereocenters. The molecule has 5 heteroatoms. The van der Waals surface area contributed by atoms with Crippen molar-refractivity contribution >= 4 is 35.2 Å². The minimum atomic E-state index is 0.145. The minimum Gasteiger partial charge on any atom is -0.457 e. The molecule has 0 N–H and O–H groups in total. The van der Waals surface area contributed by atoms with Gasteiger partial charge in [-0.1, -0.05) is 73.3 Å². The third-order valence-electron chi connectivity index (χ3n) is 5.21. The van der Waals surface area contributed by atoms with Crippen molar-refractivity contribution in [3.05, 3.63) is 88.7 Å². The number of benzene rings is 3. The van der Waals surface area contributed by atoms with Gasteiger partial charge in [0.1, 0.15) is 11.0 Å². The fraction of sp³-hybridized carbons (Fsp3) is 0.0385. The average molecular weight is 424 g/mol. The van der Waals surface area contributed by atoms with Crippen LogP contribution in [0.4, 0.5) is 0 Å². The number of rotatable bonds is 3. The molecule has 2 heterocycles. The van der Waals surface area contributed by atoms with Crippen molar-refractivity contribution in [2.45, 2.75) is 6.92 Å². The van der Waals surface area contributed by atoms with Crippen molar-refractivity contribution in [2.75, 3.05) is 0 Å². The van der Waals surface area contributed by atoms with Crippen molar-refractivity contribution < 1.29 is 4.42 Å². The lowest BCUT2D eigenvalue weighted by Crippen LogP contribution is -2.16. The summed E-state index contributed by atoms with van der Waals surface area (Å²) >= 11 is 6.25. The van der Waals surface area contributed by atoms with E-state index in [2.05, 4.69) is 45.8 Å². The van der Waals surface area contributed by atoms with Crippen molar-refractivity contribution in [3.8, 4) is 33.9 Å². The Morgan fingerprint density at radius 3 is 2.10 bits per heavy atom. The van der Waals surface area contributed by atoms with Gasteiger partial charge in [-0.2, -0.15) is 9.97 Å². The zero-order valence-electron chi connectivity index (χ0n) is 16.8. The largest absolute Gasteiger partial charge is 0.457 e. The molecule has 0 saturated carbocycles. The second kappa shape index (κ2) is 7.82. The first-order chi connectivity index (χ1) is 15.1. The zero-order chi connectivity index (χ0) is 21.4. The number of halogens is 1. The van der Waals surface area contributed by atoms with Crippen LogP contribution in [-0.2, 0) is 0 Å². The highest BCUT2D eigenvalue weighted by molar-refractivity contribution is 6.28. The van der Waals surface area contributed by atoms with Crippen LogP contribution < -0.4 is 10.6 Å². The molecule has 5 aromatic rings. The van der Waals surface area contributed by atoms with E-state index in [1.165, 1.54) is 0 Å². The van der Waals surface area contributed by atoms with Crippen LogP contribution >= 0.6 is 11.6 Å². The third kappa shape index (κ3) is 3.62. The molecule has 2 aromatic heterocycles. The maximum Gasteiger partial charge on any atom is 0.226 e. The van der Waals surface area contributed by atoms with Gasteiger partial charge in [-0.05, 0) is 41.8 Å². The van der Waals surface area contributed by atoms with Gasteiger partial charge in [-0.3, -0.25) is 0 Å². The van der Waals surface area contributed by atoms with Crippen molar-refractivity contribution in [2.24, 2.45) is 0 Å². The molecule has 0 aliphatic rings. The van der Waals surface area contributed by atoms with Crippen LogP contribution in [0.1, 0.15) is 6.92 Å². The SMILES string of the molecule is C=c1oc2cc(-c3nc(Cl)nc(-c4ccc(-c5ccccc5)cc4)n3)ccc2/c1=C/C. The van der Waals surface area contributed by atoms with Crippen LogP contribution in [0.3, 0.4) is 0 Å². The highest BCUT2D eigenvalue weighted by Crippen LogP contribution is 2.26. The highest BCUT2D eigenvalue weighted by Gasteiger charge is 2.12. The van der Waals surface area contributed by atoms with E-state index in [9.17, 15) is 0 Å². The van der Waals surface area contributed by atoms with Gasteiger partial charge in [-0.15, -0.1) is 0 Å². The lowest BCUT2D eigenvalue weighted by Gasteiger charge is -2.06. The van der Waals surface area contributed by atoms with E-state index < -0.39 is 0 Å². The lowest BCUT2D eigenvalue weighted by molar-refractivity contribution is 0.577. The standard InChI is InChI=1S/C26H18ClN3O/c1-3-21-16(2)31-23-15-20(13-14-22(21)23)25-28-24(29-26(27)30-25)19-11-9-18(10-12-19)17-7-5-4-6-8-17/h3-15H,2H2,1H3/b21-3+. The Hall–Kier alpha value is -3.76. The average Bonchev–Trinajstić information content (AvgIpc) is 3.13. The number of aromatic nitrogens is 3. The van der Waals surface area contributed by atoms with Crippen LogP contribution in [-0.4, -0.2) is 15.0 Å². The zero-order valence-corrected chi connectivity index (χ0v) is 17.6.